The summed E-state index contributed by atoms with van der Waals surface area (Å²) in [4.78, 5) is 17.9. The lowest BCUT2D eigenvalue weighted by Gasteiger charge is -2.31. The average molecular weight is 388 g/mol. The van der Waals surface area contributed by atoms with Crippen LogP contribution in [0, 0.1) is 0 Å². The maximum Gasteiger partial charge on any atom is 0.253 e. The summed E-state index contributed by atoms with van der Waals surface area (Å²) in [6.07, 6.45) is 5.74. The van der Waals surface area contributed by atoms with Gasteiger partial charge in [0.25, 0.3) is 5.56 Å². The van der Waals surface area contributed by atoms with Crippen molar-refractivity contribution in [2.24, 2.45) is 0 Å². The fourth-order valence-electron chi connectivity index (χ4n) is 3.70. The molecule has 0 bridgehead atoms. The van der Waals surface area contributed by atoms with E-state index in [4.69, 9.17) is 17.0 Å². The summed E-state index contributed by atoms with van der Waals surface area (Å²) in [5, 5.41) is 5.07. The van der Waals surface area contributed by atoms with Crippen LogP contribution in [0.2, 0.25) is 0 Å². The highest BCUT2D eigenvalue weighted by Gasteiger charge is 2.25. The van der Waals surface area contributed by atoms with Crippen molar-refractivity contribution < 1.29 is 4.74 Å². The summed E-state index contributed by atoms with van der Waals surface area (Å²) in [5.74, 6) is 0.816. The molecule has 0 aliphatic heterocycles. The predicted octanol–water partition coefficient (Wildman–Crippen LogP) is 3.96. The minimum atomic E-state index is -0.0482. The first-order chi connectivity index (χ1) is 13.1. The Bertz CT molecular complexity index is 843. The van der Waals surface area contributed by atoms with E-state index in [9.17, 15) is 4.79 Å². The molecule has 2 aromatic rings. The van der Waals surface area contributed by atoms with Crippen LogP contribution in [-0.2, 0) is 6.54 Å². The van der Waals surface area contributed by atoms with E-state index in [-0.39, 0.29) is 5.56 Å². The number of pyridine rings is 1. The maximum absolute atomic E-state index is 12.7. The van der Waals surface area contributed by atoms with Gasteiger partial charge in [-0.2, -0.15) is 0 Å². The lowest BCUT2D eigenvalue weighted by Crippen LogP contribution is -2.45. The molecule has 3 rings (SSSR count). The molecular weight excluding hydrogens is 358 g/mol. The summed E-state index contributed by atoms with van der Waals surface area (Å²) >= 11 is 5.65. The van der Waals surface area contributed by atoms with Gasteiger partial charge in [-0.3, -0.25) is 4.79 Å². The first kappa shape index (κ1) is 19.7. The molecule has 5 nitrogen and oxygen atoms in total. The van der Waals surface area contributed by atoms with Crippen LogP contribution in [0.25, 0.3) is 10.9 Å². The number of aromatic nitrogens is 1. The second-order valence-corrected chi connectivity index (χ2v) is 7.49. The molecule has 0 amide bonds. The van der Waals surface area contributed by atoms with E-state index in [0.717, 1.165) is 53.1 Å². The molecule has 0 spiro atoms. The van der Waals surface area contributed by atoms with Crippen LogP contribution in [0.15, 0.2) is 29.1 Å². The number of ether oxygens (including phenoxy) is 1. The number of hydrogen-bond donors (Lipinski definition) is 2. The monoisotopic (exact) mass is 387 g/mol. The summed E-state index contributed by atoms with van der Waals surface area (Å²) in [6, 6.07) is 8.14. The number of rotatable bonds is 7. The Balaban J connectivity index is 1.89. The largest absolute Gasteiger partial charge is 0.494 e. The predicted molar refractivity (Wildman–Crippen MR) is 114 cm³/mol. The van der Waals surface area contributed by atoms with Gasteiger partial charge in [0, 0.05) is 29.1 Å². The van der Waals surface area contributed by atoms with Gasteiger partial charge in [-0.1, -0.05) is 19.8 Å². The zero-order valence-corrected chi connectivity index (χ0v) is 17.0. The van der Waals surface area contributed by atoms with E-state index in [1.54, 1.807) is 0 Å². The van der Waals surface area contributed by atoms with E-state index in [0.29, 0.717) is 19.2 Å². The third-order valence-electron chi connectivity index (χ3n) is 5.10. The van der Waals surface area contributed by atoms with Gasteiger partial charge in [-0.25, -0.2) is 0 Å². The van der Waals surface area contributed by atoms with Gasteiger partial charge >= 0.3 is 0 Å². The Morgan fingerprint density at radius 2 is 2.07 bits per heavy atom. The number of H-pyrrole nitrogens is 1. The van der Waals surface area contributed by atoms with Crippen LogP contribution in [0.4, 0.5) is 0 Å². The molecule has 146 valence electrons. The third kappa shape index (κ3) is 4.80. The van der Waals surface area contributed by atoms with Crippen molar-refractivity contribution in [3.8, 4) is 5.75 Å². The van der Waals surface area contributed by atoms with E-state index < -0.39 is 0 Å². The zero-order chi connectivity index (χ0) is 19.2. The molecular formula is C21H29N3O2S. The van der Waals surface area contributed by atoms with Crippen molar-refractivity contribution in [2.75, 3.05) is 13.2 Å². The van der Waals surface area contributed by atoms with Crippen LogP contribution < -0.4 is 15.6 Å². The Labute approximate surface area is 166 Å². The van der Waals surface area contributed by atoms with Crippen LogP contribution in [0.3, 0.4) is 0 Å². The van der Waals surface area contributed by atoms with Crippen LogP contribution >= 0.6 is 12.2 Å². The van der Waals surface area contributed by atoms with Gasteiger partial charge in [0.2, 0.25) is 0 Å². The molecule has 0 saturated heterocycles. The molecule has 1 saturated carbocycles. The standard InChI is InChI=1S/C21H29N3O2S/c1-3-11-22-21(27)24(17-7-5-6-8-17)14-16-12-15-13-18(26-4-2)9-10-19(15)23-20(16)25/h9-10,12-13,17H,3-8,11,14H2,1-2H3,(H,22,27)(H,23,25). The van der Waals surface area contributed by atoms with Crippen molar-refractivity contribution in [2.45, 2.75) is 58.5 Å². The summed E-state index contributed by atoms with van der Waals surface area (Å²) < 4.78 is 5.60. The highest BCUT2D eigenvalue weighted by atomic mass is 32.1. The Morgan fingerprint density at radius 3 is 2.78 bits per heavy atom. The lowest BCUT2D eigenvalue weighted by atomic mass is 10.1. The van der Waals surface area contributed by atoms with Crippen LogP contribution in [0.5, 0.6) is 5.75 Å². The molecule has 0 radical (unpaired) electrons. The molecule has 27 heavy (non-hydrogen) atoms. The molecule has 1 aliphatic rings. The third-order valence-corrected chi connectivity index (χ3v) is 5.48. The number of aromatic amines is 1. The normalized spacial score (nSPS) is 14.4. The molecule has 0 atom stereocenters. The van der Waals surface area contributed by atoms with Gasteiger partial charge in [0.15, 0.2) is 5.11 Å². The second-order valence-electron chi connectivity index (χ2n) is 7.10. The zero-order valence-electron chi connectivity index (χ0n) is 16.2. The molecule has 1 aromatic carbocycles. The number of nitrogens with zero attached hydrogens (tertiary/aromatic N) is 1. The summed E-state index contributed by atoms with van der Waals surface area (Å²) in [6.45, 7) is 6.10. The molecule has 1 aliphatic carbocycles. The van der Waals surface area contributed by atoms with Gasteiger partial charge in [0.1, 0.15) is 5.75 Å². The van der Waals surface area contributed by atoms with Crippen molar-refractivity contribution in [3.63, 3.8) is 0 Å². The molecule has 0 unspecified atom stereocenters. The highest BCUT2D eigenvalue weighted by Crippen LogP contribution is 2.26. The summed E-state index contributed by atoms with van der Waals surface area (Å²) in [5.41, 5.74) is 1.52. The lowest BCUT2D eigenvalue weighted by molar-refractivity contribution is 0.302. The molecule has 1 heterocycles. The summed E-state index contributed by atoms with van der Waals surface area (Å²) in [7, 11) is 0. The molecule has 1 aromatic heterocycles. The minimum absolute atomic E-state index is 0.0482. The van der Waals surface area contributed by atoms with E-state index in [1.807, 2.05) is 31.2 Å². The first-order valence-electron chi connectivity index (χ1n) is 9.95. The van der Waals surface area contributed by atoms with E-state index >= 15 is 0 Å². The quantitative estimate of drug-likeness (QED) is 0.705. The Kier molecular flexibility index (Phi) is 6.72. The van der Waals surface area contributed by atoms with Crippen LogP contribution in [-0.4, -0.2) is 34.2 Å². The van der Waals surface area contributed by atoms with Gasteiger partial charge in [-0.05, 0) is 62.7 Å². The number of nitrogens with one attached hydrogen (secondary N) is 2. The Morgan fingerprint density at radius 1 is 1.30 bits per heavy atom. The first-order valence-corrected chi connectivity index (χ1v) is 10.4. The molecule has 2 N–H and O–H groups in total. The highest BCUT2D eigenvalue weighted by molar-refractivity contribution is 7.80. The van der Waals surface area contributed by atoms with Crippen LogP contribution in [0.1, 0.15) is 51.5 Å². The second kappa shape index (κ2) is 9.22. The van der Waals surface area contributed by atoms with Gasteiger partial charge in [0.05, 0.1) is 13.2 Å². The van der Waals surface area contributed by atoms with Crippen molar-refractivity contribution in [1.82, 2.24) is 15.2 Å². The van der Waals surface area contributed by atoms with E-state index in [1.165, 1.54) is 12.8 Å². The number of benzene rings is 1. The topological polar surface area (TPSA) is 57.4 Å². The van der Waals surface area contributed by atoms with Gasteiger partial charge in [-0.15, -0.1) is 0 Å². The molecule has 1 fully saturated rings. The van der Waals surface area contributed by atoms with Crippen molar-refractivity contribution in [1.29, 1.82) is 0 Å². The number of hydrogen-bond acceptors (Lipinski definition) is 3. The smallest absolute Gasteiger partial charge is 0.253 e. The van der Waals surface area contributed by atoms with Gasteiger partial charge < -0.3 is 19.9 Å². The maximum atomic E-state index is 12.7. The minimum Gasteiger partial charge on any atom is -0.494 e. The number of fused-ring (bicyclic) bond motifs is 1. The Hall–Kier alpha value is -2.08. The van der Waals surface area contributed by atoms with Crippen molar-refractivity contribution >= 4 is 28.2 Å². The number of thiocarbonyl (C=S) groups is 1. The SMILES string of the molecule is CCCNC(=S)N(Cc1cc2cc(OCC)ccc2[nH]c1=O)C1CCCC1. The fourth-order valence-corrected chi connectivity index (χ4v) is 4.02. The molecule has 6 heteroatoms. The average Bonchev–Trinajstić information content (AvgIpc) is 3.19. The van der Waals surface area contributed by atoms with E-state index in [2.05, 4.69) is 22.1 Å². The fraction of sp³-hybridized carbons (Fsp3) is 0.524. The van der Waals surface area contributed by atoms with Crippen molar-refractivity contribution in [3.05, 3.63) is 40.2 Å².